The van der Waals surface area contributed by atoms with Crippen LogP contribution < -0.4 is 5.43 Å². The van der Waals surface area contributed by atoms with Crippen molar-refractivity contribution in [2.24, 2.45) is 0 Å². The van der Waals surface area contributed by atoms with Crippen LogP contribution in [0.15, 0.2) is 45.6 Å². The highest BCUT2D eigenvalue weighted by Gasteiger charge is 2.36. The van der Waals surface area contributed by atoms with E-state index in [1.165, 1.54) is 12.1 Å². The summed E-state index contributed by atoms with van der Waals surface area (Å²) in [6.45, 7) is 0.591. The molecule has 0 amide bonds. The maximum absolute atomic E-state index is 12.8. The Kier molecular flexibility index (Phi) is 5.75. The van der Waals surface area contributed by atoms with E-state index in [1.54, 1.807) is 18.2 Å². The molecule has 1 saturated heterocycles. The van der Waals surface area contributed by atoms with Crippen LogP contribution in [0.5, 0.6) is 17.2 Å². The van der Waals surface area contributed by atoms with E-state index in [-0.39, 0.29) is 65.0 Å². The number of nitrogens with zero attached hydrogens (tertiary/aromatic N) is 1. The number of hydrogen-bond acceptors (Lipinski definition) is 7. The monoisotopic (exact) mass is 419 g/mol. The van der Waals surface area contributed by atoms with Crippen molar-refractivity contribution in [1.29, 1.82) is 0 Å². The zero-order valence-corrected chi connectivity index (χ0v) is 16.5. The zero-order chi connectivity index (χ0) is 20.0. The SMILES string of the molecule is CN1CC[C@@H](c2c(O)cc(O)c3c(=O)cc(-c4ccccc4O)oc23)[C@@H]1CO.Cl. The number of aromatic hydroxyl groups is 3. The largest absolute Gasteiger partial charge is 0.507 e. The highest BCUT2D eigenvalue weighted by molar-refractivity contribution is 5.90. The molecule has 1 aromatic heterocycles. The number of hydrogen-bond donors (Lipinski definition) is 4. The molecule has 0 aliphatic carbocycles. The molecule has 0 unspecified atom stereocenters. The van der Waals surface area contributed by atoms with Crippen LogP contribution in [-0.2, 0) is 0 Å². The Bertz CT molecular complexity index is 1110. The summed E-state index contributed by atoms with van der Waals surface area (Å²) in [6, 6.07) is 8.55. The molecule has 2 heterocycles. The lowest BCUT2D eigenvalue weighted by Crippen LogP contribution is -2.32. The van der Waals surface area contributed by atoms with Gasteiger partial charge in [-0.3, -0.25) is 4.79 Å². The molecular formula is C21H22ClNO6. The first kappa shape index (κ1) is 21.0. The van der Waals surface area contributed by atoms with Crippen LogP contribution in [0, 0.1) is 0 Å². The predicted octanol–water partition coefficient (Wildman–Crippen LogP) is 2.78. The summed E-state index contributed by atoms with van der Waals surface area (Å²) in [5.74, 6) is -0.763. The molecule has 4 N–H and O–H groups in total. The molecule has 7 nitrogen and oxygen atoms in total. The number of benzene rings is 2. The van der Waals surface area contributed by atoms with Crippen molar-refractivity contribution < 1.29 is 24.8 Å². The molecule has 0 radical (unpaired) electrons. The van der Waals surface area contributed by atoms with Crippen molar-refractivity contribution >= 4 is 23.4 Å². The van der Waals surface area contributed by atoms with Gasteiger partial charge in [-0.25, -0.2) is 0 Å². The Morgan fingerprint density at radius 3 is 2.52 bits per heavy atom. The Hall–Kier alpha value is -2.74. The number of likely N-dealkylation sites (tertiary alicyclic amines) is 1. The minimum atomic E-state index is -0.481. The smallest absolute Gasteiger partial charge is 0.197 e. The minimum absolute atomic E-state index is 0. The standard InChI is InChI=1S/C21H21NO6.ClH/c1-22-7-6-11(13(22)10-23)19-15(25)8-16(26)20-17(27)9-18(28-21(19)20)12-4-2-3-5-14(12)24;/h2-5,8-9,11,13,23-26H,6-7,10H2,1H3;1H/t11-,13+;/m1./s1. The Labute approximate surface area is 172 Å². The van der Waals surface area contributed by atoms with Gasteiger partial charge >= 0.3 is 0 Å². The molecule has 1 aliphatic rings. The number of para-hydroxylation sites is 1. The fourth-order valence-electron chi connectivity index (χ4n) is 4.11. The van der Waals surface area contributed by atoms with E-state index < -0.39 is 5.43 Å². The molecule has 4 rings (SSSR count). The van der Waals surface area contributed by atoms with Crippen molar-refractivity contribution in [2.75, 3.05) is 20.2 Å². The summed E-state index contributed by atoms with van der Waals surface area (Å²) in [4.78, 5) is 14.7. The minimum Gasteiger partial charge on any atom is -0.507 e. The highest BCUT2D eigenvalue weighted by Crippen LogP contribution is 2.44. The molecule has 0 bridgehead atoms. The number of aliphatic hydroxyl groups excluding tert-OH is 1. The number of rotatable bonds is 3. The third-order valence-corrected chi connectivity index (χ3v) is 5.55. The van der Waals surface area contributed by atoms with Gasteiger partial charge in [0.05, 0.1) is 12.2 Å². The average Bonchev–Trinajstić information content (AvgIpc) is 3.01. The lowest BCUT2D eigenvalue weighted by molar-refractivity contribution is 0.172. The lowest BCUT2D eigenvalue weighted by Gasteiger charge is -2.24. The van der Waals surface area contributed by atoms with E-state index >= 15 is 0 Å². The number of likely N-dealkylation sites (N-methyl/N-ethyl adjacent to an activating group) is 1. The first-order valence-corrected chi connectivity index (χ1v) is 9.04. The maximum atomic E-state index is 12.8. The van der Waals surface area contributed by atoms with Crippen LogP contribution >= 0.6 is 12.4 Å². The van der Waals surface area contributed by atoms with Gasteiger partial charge in [0.25, 0.3) is 0 Å². The summed E-state index contributed by atoms with van der Waals surface area (Å²) in [7, 11) is 1.88. The van der Waals surface area contributed by atoms with Crippen LogP contribution in [0.2, 0.25) is 0 Å². The number of phenols is 3. The number of aliphatic hydroxyl groups is 1. The van der Waals surface area contributed by atoms with E-state index in [2.05, 4.69) is 0 Å². The van der Waals surface area contributed by atoms with Crippen LogP contribution in [0.3, 0.4) is 0 Å². The fraction of sp³-hybridized carbons (Fsp3) is 0.286. The maximum Gasteiger partial charge on any atom is 0.197 e. The molecule has 8 heteroatoms. The molecular weight excluding hydrogens is 398 g/mol. The molecule has 1 aliphatic heterocycles. The van der Waals surface area contributed by atoms with Gasteiger partial charge in [-0.15, -0.1) is 12.4 Å². The van der Waals surface area contributed by atoms with Gasteiger partial charge in [0.15, 0.2) is 5.43 Å². The van der Waals surface area contributed by atoms with E-state index in [0.29, 0.717) is 24.1 Å². The van der Waals surface area contributed by atoms with Crippen molar-refractivity contribution in [1.82, 2.24) is 4.90 Å². The van der Waals surface area contributed by atoms with Crippen molar-refractivity contribution in [3.63, 3.8) is 0 Å². The summed E-state index contributed by atoms with van der Waals surface area (Å²) in [6.07, 6.45) is 0.652. The van der Waals surface area contributed by atoms with Crippen molar-refractivity contribution in [2.45, 2.75) is 18.4 Å². The number of fused-ring (bicyclic) bond motifs is 1. The van der Waals surface area contributed by atoms with Gasteiger partial charge in [-0.1, -0.05) is 12.1 Å². The second-order valence-corrected chi connectivity index (χ2v) is 7.15. The average molecular weight is 420 g/mol. The van der Waals surface area contributed by atoms with Gasteiger partial charge < -0.3 is 29.7 Å². The second-order valence-electron chi connectivity index (χ2n) is 7.15. The fourth-order valence-corrected chi connectivity index (χ4v) is 4.11. The van der Waals surface area contributed by atoms with Crippen LogP contribution in [0.1, 0.15) is 17.9 Å². The summed E-state index contributed by atoms with van der Waals surface area (Å²) in [5.41, 5.74) is 0.301. The van der Waals surface area contributed by atoms with E-state index in [1.807, 2.05) is 11.9 Å². The molecule has 2 aromatic carbocycles. The van der Waals surface area contributed by atoms with Gasteiger partial charge in [-0.05, 0) is 32.1 Å². The number of phenolic OH excluding ortho intramolecular Hbond substituents is 3. The quantitative estimate of drug-likeness (QED) is 0.516. The second kappa shape index (κ2) is 7.94. The molecule has 3 aromatic rings. The Balaban J connectivity index is 0.00000240. The van der Waals surface area contributed by atoms with Crippen molar-refractivity contribution in [3.05, 3.63) is 52.2 Å². The normalized spacial score (nSPS) is 19.4. The number of halogens is 1. The summed E-state index contributed by atoms with van der Waals surface area (Å²) in [5, 5.41) is 40.8. The molecule has 29 heavy (non-hydrogen) atoms. The molecule has 0 spiro atoms. The third-order valence-electron chi connectivity index (χ3n) is 5.55. The van der Waals surface area contributed by atoms with Crippen molar-refractivity contribution in [3.8, 4) is 28.6 Å². The van der Waals surface area contributed by atoms with Gasteiger partial charge in [0, 0.05) is 29.7 Å². The summed E-state index contributed by atoms with van der Waals surface area (Å²) >= 11 is 0. The first-order chi connectivity index (χ1) is 13.4. The van der Waals surface area contributed by atoms with Crippen LogP contribution in [-0.4, -0.2) is 51.6 Å². The predicted molar refractivity (Wildman–Crippen MR) is 111 cm³/mol. The highest BCUT2D eigenvalue weighted by atomic mass is 35.5. The Morgan fingerprint density at radius 2 is 1.83 bits per heavy atom. The Morgan fingerprint density at radius 1 is 1.10 bits per heavy atom. The van der Waals surface area contributed by atoms with E-state index in [9.17, 15) is 25.2 Å². The molecule has 2 atom stereocenters. The first-order valence-electron chi connectivity index (χ1n) is 9.04. The van der Waals surface area contributed by atoms with E-state index in [4.69, 9.17) is 4.42 Å². The molecule has 1 fully saturated rings. The van der Waals surface area contributed by atoms with Crippen LogP contribution in [0.4, 0.5) is 0 Å². The molecule has 0 saturated carbocycles. The lowest BCUT2D eigenvalue weighted by atomic mass is 9.89. The van der Waals surface area contributed by atoms with Gasteiger partial charge in [0.1, 0.15) is 34.0 Å². The van der Waals surface area contributed by atoms with Crippen LogP contribution in [0.25, 0.3) is 22.3 Å². The van der Waals surface area contributed by atoms with Gasteiger partial charge in [-0.2, -0.15) is 0 Å². The van der Waals surface area contributed by atoms with E-state index in [0.717, 1.165) is 6.07 Å². The van der Waals surface area contributed by atoms with Gasteiger partial charge in [0.2, 0.25) is 0 Å². The molecule has 154 valence electrons. The summed E-state index contributed by atoms with van der Waals surface area (Å²) < 4.78 is 5.96. The zero-order valence-electron chi connectivity index (χ0n) is 15.7. The third kappa shape index (κ3) is 3.42. The topological polar surface area (TPSA) is 114 Å².